The lowest BCUT2D eigenvalue weighted by molar-refractivity contribution is -0.384. The largest absolute Gasteiger partial charge is 0.481 e. The molecule has 1 aliphatic rings. The number of piperidine rings is 1. The Morgan fingerprint density at radius 1 is 1.46 bits per heavy atom. The van der Waals surface area contributed by atoms with E-state index in [1.807, 2.05) is 4.90 Å². The van der Waals surface area contributed by atoms with E-state index in [0.29, 0.717) is 30.8 Å². The highest BCUT2D eigenvalue weighted by molar-refractivity contribution is 5.93. The first-order valence-corrected chi connectivity index (χ1v) is 7.37. The average molecular weight is 358 g/mol. The number of nitrogens with zero attached hydrogens (tertiary/aromatic N) is 2. The minimum atomic E-state index is -0.832. The molecule has 0 spiro atoms. The van der Waals surface area contributed by atoms with Crippen molar-refractivity contribution in [2.24, 2.45) is 5.92 Å². The van der Waals surface area contributed by atoms with Gasteiger partial charge in [0.1, 0.15) is 0 Å². The quantitative estimate of drug-likeness (QED) is 0.616. The molecule has 24 heavy (non-hydrogen) atoms. The topological polar surface area (TPSA) is 113 Å². The van der Waals surface area contributed by atoms with Crippen molar-refractivity contribution in [3.05, 3.63) is 33.9 Å². The molecular formula is C15H20ClN3O5. The average Bonchev–Trinajstić information content (AvgIpc) is 2.49. The Morgan fingerprint density at radius 3 is 2.75 bits per heavy atom. The number of nitro groups is 1. The van der Waals surface area contributed by atoms with Gasteiger partial charge < -0.3 is 10.4 Å². The number of aliphatic carboxylic acids is 1. The summed E-state index contributed by atoms with van der Waals surface area (Å²) in [5.41, 5.74) is 1.10. The fourth-order valence-corrected chi connectivity index (χ4v) is 2.70. The fourth-order valence-electron chi connectivity index (χ4n) is 2.70. The summed E-state index contributed by atoms with van der Waals surface area (Å²) in [5.74, 6) is -1.52. The summed E-state index contributed by atoms with van der Waals surface area (Å²) in [4.78, 5) is 35.1. The molecule has 0 bridgehead atoms. The summed E-state index contributed by atoms with van der Waals surface area (Å²) >= 11 is 0. The number of carboxylic acid groups (broad SMARTS) is 1. The number of hydrogen-bond acceptors (Lipinski definition) is 5. The van der Waals surface area contributed by atoms with Crippen molar-refractivity contribution in [2.45, 2.75) is 19.8 Å². The number of nitro benzene ring substituents is 1. The van der Waals surface area contributed by atoms with Crippen LogP contribution in [0.3, 0.4) is 0 Å². The molecule has 0 saturated carbocycles. The second-order valence-corrected chi connectivity index (χ2v) is 5.72. The number of amides is 1. The van der Waals surface area contributed by atoms with Crippen LogP contribution in [0.25, 0.3) is 0 Å². The van der Waals surface area contributed by atoms with Crippen molar-refractivity contribution in [2.75, 3.05) is 25.0 Å². The van der Waals surface area contributed by atoms with E-state index in [9.17, 15) is 19.7 Å². The van der Waals surface area contributed by atoms with Gasteiger partial charge in [-0.05, 0) is 37.9 Å². The van der Waals surface area contributed by atoms with Gasteiger partial charge >= 0.3 is 5.97 Å². The van der Waals surface area contributed by atoms with Crippen molar-refractivity contribution in [3.8, 4) is 0 Å². The second-order valence-electron chi connectivity index (χ2n) is 5.72. The Hall–Kier alpha value is -2.19. The maximum absolute atomic E-state index is 12.1. The van der Waals surface area contributed by atoms with Gasteiger partial charge in [0.25, 0.3) is 5.69 Å². The lowest BCUT2D eigenvalue weighted by Crippen LogP contribution is -2.42. The Kier molecular flexibility index (Phi) is 7.12. The zero-order chi connectivity index (χ0) is 17.0. The minimum absolute atomic E-state index is 0. The normalized spacial score (nSPS) is 17.6. The summed E-state index contributed by atoms with van der Waals surface area (Å²) in [5, 5.41) is 22.5. The molecule has 1 amide bonds. The standard InChI is InChI=1S/C15H19N3O5.ClH/c1-10-7-12(18(22)23)4-5-13(10)16-14(19)9-17-6-2-3-11(8-17)15(20)21;/h4-5,7,11H,2-3,6,8-9H2,1H3,(H,16,19)(H,20,21);1H. The van der Waals surface area contributed by atoms with Crippen LogP contribution in [0.4, 0.5) is 11.4 Å². The molecule has 1 heterocycles. The Bertz CT molecular complexity index is 638. The van der Waals surface area contributed by atoms with Crippen LogP contribution in [-0.4, -0.2) is 46.4 Å². The molecule has 1 aliphatic heterocycles. The maximum Gasteiger partial charge on any atom is 0.307 e. The Morgan fingerprint density at radius 2 is 2.17 bits per heavy atom. The Balaban J connectivity index is 0.00000288. The third-order valence-electron chi connectivity index (χ3n) is 3.92. The van der Waals surface area contributed by atoms with Gasteiger partial charge in [-0.3, -0.25) is 24.6 Å². The molecule has 2 rings (SSSR count). The van der Waals surface area contributed by atoms with E-state index in [1.165, 1.54) is 18.2 Å². The third kappa shape index (κ3) is 5.17. The lowest BCUT2D eigenvalue weighted by atomic mass is 9.98. The van der Waals surface area contributed by atoms with E-state index in [2.05, 4.69) is 5.32 Å². The van der Waals surface area contributed by atoms with Crippen LogP contribution >= 0.6 is 12.4 Å². The van der Waals surface area contributed by atoms with E-state index < -0.39 is 16.8 Å². The first-order valence-electron chi connectivity index (χ1n) is 7.37. The number of carbonyl (C=O) groups is 2. The van der Waals surface area contributed by atoms with E-state index in [1.54, 1.807) is 6.92 Å². The SMILES string of the molecule is Cc1cc([N+](=O)[O-])ccc1NC(=O)CN1CCCC(C(=O)O)C1.Cl. The lowest BCUT2D eigenvalue weighted by Gasteiger charge is -2.29. The van der Waals surface area contributed by atoms with Gasteiger partial charge in [-0.15, -0.1) is 12.4 Å². The summed E-state index contributed by atoms with van der Waals surface area (Å²) in [6.07, 6.45) is 1.38. The smallest absolute Gasteiger partial charge is 0.307 e. The van der Waals surface area contributed by atoms with E-state index in [4.69, 9.17) is 5.11 Å². The number of aryl methyl sites for hydroxylation is 1. The fraction of sp³-hybridized carbons (Fsp3) is 0.467. The summed E-state index contributed by atoms with van der Waals surface area (Å²) in [7, 11) is 0. The molecule has 0 radical (unpaired) electrons. The van der Waals surface area contributed by atoms with Crippen LogP contribution in [0.1, 0.15) is 18.4 Å². The number of nitrogens with one attached hydrogen (secondary N) is 1. The number of rotatable bonds is 5. The van der Waals surface area contributed by atoms with Gasteiger partial charge in [0.2, 0.25) is 5.91 Å². The number of carboxylic acids is 1. The van der Waals surface area contributed by atoms with E-state index in [0.717, 1.165) is 6.42 Å². The highest BCUT2D eigenvalue weighted by Gasteiger charge is 2.26. The minimum Gasteiger partial charge on any atom is -0.481 e. The number of carbonyl (C=O) groups excluding carboxylic acids is 1. The summed E-state index contributed by atoms with van der Waals surface area (Å²) < 4.78 is 0. The van der Waals surface area contributed by atoms with Crippen molar-refractivity contribution >= 4 is 35.7 Å². The molecule has 1 fully saturated rings. The molecule has 1 saturated heterocycles. The van der Waals surface area contributed by atoms with Crippen LogP contribution in [0.2, 0.25) is 0 Å². The Labute approximate surface area is 145 Å². The first-order chi connectivity index (χ1) is 10.9. The third-order valence-corrected chi connectivity index (χ3v) is 3.92. The molecule has 0 aliphatic carbocycles. The van der Waals surface area contributed by atoms with Crippen LogP contribution in [0.5, 0.6) is 0 Å². The summed E-state index contributed by atoms with van der Waals surface area (Å²) in [6.45, 7) is 2.85. The maximum atomic E-state index is 12.1. The van der Waals surface area contributed by atoms with Gasteiger partial charge in [-0.1, -0.05) is 0 Å². The highest BCUT2D eigenvalue weighted by atomic mass is 35.5. The molecule has 2 N–H and O–H groups in total. The van der Waals surface area contributed by atoms with E-state index in [-0.39, 0.29) is 30.5 Å². The van der Waals surface area contributed by atoms with E-state index >= 15 is 0 Å². The van der Waals surface area contributed by atoms with Gasteiger partial charge in [-0.25, -0.2) is 0 Å². The number of anilines is 1. The zero-order valence-electron chi connectivity index (χ0n) is 13.2. The molecule has 132 valence electrons. The second kappa shape index (κ2) is 8.60. The molecule has 1 atom stereocenters. The summed E-state index contributed by atoms with van der Waals surface area (Å²) in [6, 6.07) is 4.24. The predicted octanol–water partition coefficient (Wildman–Crippen LogP) is 2.06. The van der Waals surface area contributed by atoms with Crippen molar-refractivity contribution in [1.82, 2.24) is 4.90 Å². The van der Waals surface area contributed by atoms with Crippen molar-refractivity contribution < 1.29 is 19.6 Å². The van der Waals surface area contributed by atoms with Crippen LogP contribution < -0.4 is 5.32 Å². The first kappa shape index (κ1) is 19.9. The van der Waals surface area contributed by atoms with Crippen LogP contribution in [-0.2, 0) is 9.59 Å². The zero-order valence-corrected chi connectivity index (χ0v) is 14.0. The van der Waals surface area contributed by atoms with Gasteiger partial charge in [-0.2, -0.15) is 0 Å². The number of benzene rings is 1. The predicted molar refractivity (Wildman–Crippen MR) is 90.5 cm³/mol. The molecule has 8 nitrogen and oxygen atoms in total. The monoisotopic (exact) mass is 357 g/mol. The van der Waals surface area contributed by atoms with Gasteiger partial charge in [0.05, 0.1) is 17.4 Å². The number of halogens is 1. The number of hydrogen-bond donors (Lipinski definition) is 2. The highest BCUT2D eigenvalue weighted by Crippen LogP contribution is 2.21. The van der Waals surface area contributed by atoms with Crippen molar-refractivity contribution in [1.29, 1.82) is 0 Å². The molecule has 1 aromatic carbocycles. The molecule has 1 unspecified atom stereocenters. The molecular weight excluding hydrogens is 338 g/mol. The van der Waals surface area contributed by atoms with Crippen LogP contribution in [0.15, 0.2) is 18.2 Å². The van der Waals surface area contributed by atoms with Crippen molar-refractivity contribution in [3.63, 3.8) is 0 Å². The van der Waals surface area contributed by atoms with Gasteiger partial charge in [0, 0.05) is 24.4 Å². The number of non-ortho nitro benzene ring substituents is 1. The number of likely N-dealkylation sites (tertiary alicyclic amines) is 1. The molecule has 1 aromatic rings. The van der Waals surface area contributed by atoms with Gasteiger partial charge in [0.15, 0.2) is 0 Å². The van der Waals surface area contributed by atoms with Crippen LogP contribution in [0, 0.1) is 23.0 Å². The molecule has 9 heteroatoms. The molecule has 0 aromatic heterocycles.